The summed E-state index contributed by atoms with van der Waals surface area (Å²) in [6.07, 6.45) is 3.07. The van der Waals surface area contributed by atoms with E-state index in [9.17, 15) is 0 Å². The molecule has 4 heteroatoms. The molecule has 1 aromatic rings. The Kier molecular flexibility index (Phi) is 2.80. The highest BCUT2D eigenvalue weighted by Crippen LogP contribution is 2.23. The van der Waals surface area contributed by atoms with Gasteiger partial charge in [0.25, 0.3) is 0 Å². The molecule has 0 saturated carbocycles. The maximum absolute atomic E-state index is 5.29. The molecule has 0 aliphatic carbocycles. The second kappa shape index (κ2) is 4.07. The zero-order valence-electron chi connectivity index (χ0n) is 7.82. The van der Waals surface area contributed by atoms with Crippen LogP contribution in [0.3, 0.4) is 0 Å². The Balaban J connectivity index is 2.05. The molecule has 0 bridgehead atoms. The number of aryl methyl sites for hydroxylation is 1. The van der Waals surface area contributed by atoms with Gasteiger partial charge in [0.1, 0.15) is 0 Å². The third-order valence-electron chi connectivity index (χ3n) is 2.17. The highest BCUT2D eigenvalue weighted by atomic mass is 32.1. The minimum atomic E-state index is 0.834. The van der Waals surface area contributed by atoms with Gasteiger partial charge in [-0.15, -0.1) is 11.3 Å². The lowest BCUT2D eigenvalue weighted by Crippen LogP contribution is -2.36. The van der Waals surface area contributed by atoms with Crippen LogP contribution in [-0.4, -0.2) is 31.3 Å². The second-order valence-corrected chi connectivity index (χ2v) is 4.16. The van der Waals surface area contributed by atoms with Crippen LogP contribution in [0.2, 0.25) is 0 Å². The normalized spacial score (nSPS) is 17.8. The molecular formula is C9H14N2OS. The lowest BCUT2D eigenvalue weighted by Gasteiger charge is -2.25. The van der Waals surface area contributed by atoms with Gasteiger partial charge in [-0.05, 0) is 6.42 Å². The Morgan fingerprint density at radius 1 is 1.54 bits per heavy atom. The van der Waals surface area contributed by atoms with Crippen LogP contribution in [-0.2, 0) is 11.2 Å². The molecule has 1 aromatic heterocycles. The number of hydrogen-bond donors (Lipinski definition) is 0. The van der Waals surface area contributed by atoms with Gasteiger partial charge < -0.3 is 9.64 Å². The summed E-state index contributed by atoms with van der Waals surface area (Å²) in [6, 6.07) is 0. The van der Waals surface area contributed by atoms with Crippen LogP contribution < -0.4 is 4.90 Å². The standard InChI is InChI=1S/C9H14N2OS/c1-2-8-7-10-9(13-8)11-3-5-12-6-4-11/h7H,2-6H2,1H3. The Morgan fingerprint density at radius 2 is 2.31 bits per heavy atom. The quantitative estimate of drug-likeness (QED) is 0.721. The largest absolute Gasteiger partial charge is 0.378 e. The summed E-state index contributed by atoms with van der Waals surface area (Å²) in [6.45, 7) is 5.80. The SMILES string of the molecule is CCc1cnc(N2CCOCC2)s1. The first kappa shape index (κ1) is 8.97. The molecule has 0 spiro atoms. The smallest absolute Gasteiger partial charge is 0.185 e. The molecule has 0 radical (unpaired) electrons. The van der Waals surface area contributed by atoms with Crippen molar-refractivity contribution in [2.45, 2.75) is 13.3 Å². The van der Waals surface area contributed by atoms with Crippen molar-refractivity contribution < 1.29 is 4.74 Å². The molecule has 13 heavy (non-hydrogen) atoms. The summed E-state index contributed by atoms with van der Waals surface area (Å²) in [5, 5.41) is 1.15. The predicted octanol–water partition coefficient (Wildman–Crippen LogP) is 1.54. The first-order valence-corrected chi connectivity index (χ1v) is 5.49. The lowest BCUT2D eigenvalue weighted by atomic mass is 10.4. The highest BCUT2D eigenvalue weighted by molar-refractivity contribution is 7.15. The zero-order chi connectivity index (χ0) is 9.10. The van der Waals surface area contributed by atoms with Crippen molar-refractivity contribution in [2.75, 3.05) is 31.2 Å². The van der Waals surface area contributed by atoms with E-state index >= 15 is 0 Å². The topological polar surface area (TPSA) is 25.4 Å². The lowest BCUT2D eigenvalue weighted by molar-refractivity contribution is 0.122. The van der Waals surface area contributed by atoms with E-state index in [1.165, 1.54) is 4.88 Å². The third-order valence-corrected chi connectivity index (χ3v) is 3.37. The highest BCUT2D eigenvalue weighted by Gasteiger charge is 2.13. The van der Waals surface area contributed by atoms with Crippen LogP contribution >= 0.6 is 11.3 Å². The summed E-state index contributed by atoms with van der Waals surface area (Å²) < 4.78 is 5.29. The average Bonchev–Trinajstić information content (AvgIpc) is 2.67. The summed E-state index contributed by atoms with van der Waals surface area (Å²) in [5.41, 5.74) is 0. The maximum Gasteiger partial charge on any atom is 0.185 e. The Bertz CT molecular complexity index is 268. The number of rotatable bonds is 2. The molecule has 0 unspecified atom stereocenters. The summed E-state index contributed by atoms with van der Waals surface area (Å²) in [5.74, 6) is 0. The van der Waals surface area contributed by atoms with Crippen molar-refractivity contribution in [3.8, 4) is 0 Å². The van der Waals surface area contributed by atoms with Gasteiger partial charge in [-0.25, -0.2) is 4.98 Å². The molecule has 0 atom stereocenters. The van der Waals surface area contributed by atoms with Crippen molar-refractivity contribution in [1.82, 2.24) is 4.98 Å². The number of thiazole rings is 1. The van der Waals surface area contributed by atoms with E-state index in [0.717, 1.165) is 37.9 Å². The van der Waals surface area contributed by atoms with Gasteiger partial charge in [0.2, 0.25) is 0 Å². The third kappa shape index (κ3) is 2.00. The Morgan fingerprint density at radius 3 is 2.92 bits per heavy atom. The molecule has 1 fully saturated rings. The monoisotopic (exact) mass is 198 g/mol. The van der Waals surface area contributed by atoms with Gasteiger partial charge in [0.15, 0.2) is 5.13 Å². The molecule has 2 heterocycles. The van der Waals surface area contributed by atoms with Crippen LogP contribution in [0, 0.1) is 0 Å². The van der Waals surface area contributed by atoms with Crippen LogP contribution in [0.1, 0.15) is 11.8 Å². The van der Waals surface area contributed by atoms with Crippen molar-refractivity contribution >= 4 is 16.5 Å². The second-order valence-electron chi connectivity index (χ2n) is 3.06. The Hall–Kier alpha value is -0.610. The van der Waals surface area contributed by atoms with Gasteiger partial charge in [-0.1, -0.05) is 6.92 Å². The number of morpholine rings is 1. The van der Waals surface area contributed by atoms with Crippen LogP contribution in [0.5, 0.6) is 0 Å². The van der Waals surface area contributed by atoms with Crippen molar-refractivity contribution in [3.05, 3.63) is 11.1 Å². The molecule has 2 rings (SSSR count). The fraction of sp³-hybridized carbons (Fsp3) is 0.667. The fourth-order valence-electron chi connectivity index (χ4n) is 1.36. The summed E-state index contributed by atoms with van der Waals surface area (Å²) >= 11 is 1.80. The maximum atomic E-state index is 5.29. The molecule has 0 N–H and O–H groups in total. The molecule has 72 valence electrons. The van der Waals surface area contributed by atoms with E-state index in [-0.39, 0.29) is 0 Å². The van der Waals surface area contributed by atoms with Crippen LogP contribution in [0.25, 0.3) is 0 Å². The van der Waals surface area contributed by atoms with E-state index < -0.39 is 0 Å². The van der Waals surface area contributed by atoms with E-state index in [1.807, 2.05) is 6.20 Å². The van der Waals surface area contributed by atoms with Crippen molar-refractivity contribution in [2.24, 2.45) is 0 Å². The first-order valence-electron chi connectivity index (χ1n) is 4.67. The summed E-state index contributed by atoms with van der Waals surface area (Å²) in [4.78, 5) is 8.06. The molecule has 0 aromatic carbocycles. The van der Waals surface area contributed by atoms with E-state index in [2.05, 4.69) is 16.8 Å². The van der Waals surface area contributed by atoms with Crippen LogP contribution in [0.15, 0.2) is 6.20 Å². The van der Waals surface area contributed by atoms with Crippen molar-refractivity contribution in [3.63, 3.8) is 0 Å². The Labute approximate surface area is 82.3 Å². The molecule has 1 aliphatic heterocycles. The average molecular weight is 198 g/mol. The minimum absolute atomic E-state index is 0.834. The molecular weight excluding hydrogens is 184 g/mol. The zero-order valence-corrected chi connectivity index (χ0v) is 8.64. The van der Waals surface area contributed by atoms with Gasteiger partial charge in [0, 0.05) is 24.2 Å². The van der Waals surface area contributed by atoms with Gasteiger partial charge >= 0.3 is 0 Å². The van der Waals surface area contributed by atoms with E-state index in [1.54, 1.807) is 11.3 Å². The molecule has 3 nitrogen and oxygen atoms in total. The molecule has 1 saturated heterocycles. The van der Waals surface area contributed by atoms with Gasteiger partial charge in [0.05, 0.1) is 13.2 Å². The molecule has 0 amide bonds. The fourth-order valence-corrected chi connectivity index (χ4v) is 2.26. The first-order chi connectivity index (χ1) is 6.40. The summed E-state index contributed by atoms with van der Waals surface area (Å²) in [7, 11) is 0. The number of aromatic nitrogens is 1. The number of ether oxygens (including phenoxy) is 1. The van der Waals surface area contributed by atoms with E-state index in [0.29, 0.717) is 0 Å². The van der Waals surface area contributed by atoms with Gasteiger partial charge in [-0.3, -0.25) is 0 Å². The number of nitrogens with zero attached hydrogens (tertiary/aromatic N) is 2. The van der Waals surface area contributed by atoms with Crippen molar-refractivity contribution in [1.29, 1.82) is 0 Å². The minimum Gasteiger partial charge on any atom is -0.378 e. The van der Waals surface area contributed by atoms with Crippen LogP contribution in [0.4, 0.5) is 5.13 Å². The predicted molar refractivity (Wildman–Crippen MR) is 54.5 cm³/mol. The van der Waals surface area contributed by atoms with Gasteiger partial charge in [-0.2, -0.15) is 0 Å². The number of anilines is 1. The number of hydrogen-bond acceptors (Lipinski definition) is 4. The van der Waals surface area contributed by atoms with E-state index in [4.69, 9.17) is 4.74 Å². The molecule has 1 aliphatic rings.